The first-order valence-corrected chi connectivity index (χ1v) is 6.71. The van der Waals surface area contributed by atoms with Crippen molar-refractivity contribution in [2.24, 2.45) is 5.92 Å². The van der Waals surface area contributed by atoms with Gasteiger partial charge in [0, 0.05) is 25.3 Å². The zero-order valence-electron chi connectivity index (χ0n) is 12.2. The maximum absolute atomic E-state index is 5.92. The van der Waals surface area contributed by atoms with Crippen LogP contribution in [0.2, 0.25) is 0 Å². The fourth-order valence-corrected chi connectivity index (χ4v) is 1.82. The van der Waals surface area contributed by atoms with E-state index < -0.39 is 0 Å². The van der Waals surface area contributed by atoms with E-state index in [-0.39, 0.29) is 6.10 Å². The number of benzene rings is 1. The van der Waals surface area contributed by atoms with Gasteiger partial charge < -0.3 is 15.4 Å². The molecular weight excluding hydrogens is 224 g/mol. The monoisotopic (exact) mass is 250 g/mol. The largest absolute Gasteiger partial charge is 0.489 e. The highest BCUT2D eigenvalue weighted by Crippen LogP contribution is 2.28. The van der Waals surface area contributed by atoms with Gasteiger partial charge in [-0.3, -0.25) is 0 Å². The van der Waals surface area contributed by atoms with Crippen LogP contribution in [0, 0.1) is 5.92 Å². The van der Waals surface area contributed by atoms with Crippen LogP contribution in [-0.2, 0) is 0 Å². The number of ether oxygens (including phenoxy) is 1. The van der Waals surface area contributed by atoms with E-state index in [2.05, 4.69) is 25.8 Å². The molecule has 0 heterocycles. The van der Waals surface area contributed by atoms with Crippen molar-refractivity contribution in [1.29, 1.82) is 0 Å². The Labute approximate surface area is 111 Å². The Kier molecular flexibility index (Phi) is 5.32. The average Bonchev–Trinajstić information content (AvgIpc) is 2.31. The first kappa shape index (κ1) is 14.7. The molecule has 0 saturated heterocycles. The molecule has 1 aromatic rings. The predicted molar refractivity (Wildman–Crippen MR) is 79.3 cm³/mol. The Morgan fingerprint density at radius 2 is 1.94 bits per heavy atom. The second kappa shape index (κ2) is 6.53. The molecule has 0 fully saturated rings. The van der Waals surface area contributed by atoms with Gasteiger partial charge in [0.2, 0.25) is 0 Å². The van der Waals surface area contributed by atoms with Crippen LogP contribution in [0.25, 0.3) is 0 Å². The zero-order valence-corrected chi connectivity index (χ0v) is 12.2. The lowest BCUT2D eigenvalue weighted by Gasteiger charge is -2.24. The number of nitrogens with two attached hydrogens (primary N) is 1. The lowest BCUT2D eigenvalue weighted by molar-refractivity contribution is 0.244. The number of hydrogen-bond donors (Lipinski definition) is 1. The Bertz CT molecular complexity index is 377. The first-order chi connectivity index (χ1) is 8.43. The predicted octanol–water partition coefficient (Wildman–Crippen LogP) is 3.54. The van der Waals surface area contributed by atoms with Crippen molar-refractivity contribution in [3.05, 3.63) is 18.2 Å². The summed E-state index contributed by atoms with van der Waals surface area (Å²) in [6, 6.07) is 5.99. The number of hydrogen-bond acceptors (Lipinski definition) is 3. The molecule has 0 saturated carbocycles. The summed E-state index contributed by atoms with van der Waals surface area (Å²) in [5, 5.41) is 0. The molecule has 1 rings (SSSR count). The van der Waals surface area contributed by atoms with Crippen molar-refractivity contribution >= 4 is 11.4 Å². The van der Waals surface area contributed by atoms with E-state index in [9.17, 15) is 0 Å². The second-order valence-electron chi connectivity index (χ2n) is 5.28. The molecule has 102 valence electrons. The highest BCUT2D eigenvalue weighted by atomic mass is 16.5. The third-order valence-corrected chi connectivity index (χ3v) is 3.08. The van der Waals surface area contributed by atoms with Crippen molar-refractivity contribution in [3.8, 4) is 5.75 Å². The van der Waals surface area contributed by atoms with Gasteiger partial charge in [0.1, 0.15) is 5.75 Å². The Morgan fingerprint density at radius 1 is 1.28 bits per heavy atom. The Balaban J connectivity index is 2.83. The summed E-state index contributed by atoms with van der Waals surface area (Å²) in [6.07, 6.45) is 1.33. The van der Waals surface area contributed by atoms with Crippen LogP contribution < -0.4 is 15.4 Å². The van der Waals surface area contributed by atoms with E-state index in [0.29, 0.717) is 11.6 Å². The number of rotatable bonds is 6. The van der Waals surface area contributed by atoms with Gasteiger partial charge in [0.25, 0.3) is 0 Å². The Morgan fingerprint density at radius 3 is 2.50 bits per heavy atom. The summed E-state index contributed by atoms with van der Waals surface area (Å²) in [7, 11) is 2.11. The molecule has 0 aliphatic carbocycles. The summed E-state index contributed by atoms with van der Waals surface area (Å²) in [4.78, 5) is 2.25. The Hall–Kier alpha value is -1.38. The normalized spacial score (nSPS) is 12.6. The van der Waals surface area contributed by atoms with Gasteiger partial charge in [0.05, 0.1) is 11.8 Å². The summed E-state index contributed by atoms with van der Waals surface area (Å²) in [6.45, 7) is 9.54. The molecule has 3 heteroatoms. The molecule has 0 bridgehead atoms. The molecule has 1 unspecified atom stereocenters. The molecule has 0 radical (unpaired) electrons. The lowest BCUT2D eigenvalue weighted by Crippen LogP contribution is -2.23. The number of nitrogen functional groups attached to an aromatic ring is 1. The maximum atomic E-state index is 5.92. The molecule has 0 amide bonds. The summed E-state index contributed by atoms with van der Waals surface area (Å²) in [5.74, 6) is 1.46. The van der Waals surface area contributed by atoms with Crippen molar-refractivity contribution in [2.75, 3.05) is 24.2 Å². The van der Waals surface area contributed by atoms with Gasteiger partial charge in [-0.1, -0.05) is 20.3 Å². The standard InChI is InChI=1S/C15H26N2O/c1-6-12(4)10-17(5)13-7-8-14(16)15(9-13)18-11(2)3/h7-9,11-12H,6,10,16H2,1-5H3. The van der Waals surface area contributed by atoms with E-state index in [1.165, 1.54) is 6.42 Å². The van der Waals surface area contributed by atoms with Crippen molar-refractivity contribution in [2.45, 2.75) is 40.2 Å². The van der Waals surface area contributed by atoms with Crippen LogP contribution in [-0.4, -0.2) is 19.7 Å². The maximum Gasteiger partial charge on any atom is 0.144 e. The van der Waals surface area contributed by atoms with E-state index in [0.717, 1.165) is 18.0 Å². The van der Waals surface area contributed by atoms with Gasteiger partial charge >= 0.3 is 0 Å². The molecule has 0 spiro atoms. The fourth-order valence-electron chi connectivity index (χ4n) is 1.82. The van der Waals surface area contributed by atoms with Crippen LogP contribution in [0.3, 0.4) is 0 Å². The second-order valence-corrected chi connectivity index (χ2v) is 5.28. The molecule has 2 N–H and O–H groups in total. The first-order valence-electron chi connectivity index (χ1n) is 6.71. The zero-order chi connectivity index (χ0) is 13.7. The summed E-state index contributed by atoms with van der Waals surface area (Å²) in [5.41, 5.74) is 7.77. The minimum Gasteiger partial charge on any atom is -0.489 e. The minimum absolute atomic E-state index is 0.141. The van der Waals surface area contributed by atoms with Crippen LogP contribution >= 0.6 is 0 Å². The van der Waals surface area contributed by atoms with Gasteiger partial charge in [0.15, 0.2) is 0 Å². The molecule has 0 aromatic heterocycles. The molecule has 1 aromatic carbocycles. The third kappa shape index (κ3) is 4.13. The van der Waals surface area contributed by atoms with Gasteiger partial charge in [-0.25, -0.2) is 0 Å². The SMILES string of the molecule is CCC(C)CN(C)c1ccc(N)c(OC(C)C)c1. The van der Waals surface area contributed by atoms with Crippen LogP contribution in [0.15, 0.2) is 18.2 Å². The average molecular weight is 250 g/mol. The molecular formula is C15H26N2O. The molecule has 3 nitrogen and oxygen atoms in total. The van der Waals surface area contributed by atoms with Crippen molar-refractivity contribution in [3.63, 3.8) is 0 Å². The molecule has 1 atom stereocenters. The van der Waals surface area contributed by atoms with Gasteiger partial charge in [-0.15, -0.1) is 0 Å². The van der Waals surface area contributed by atoms with E-state index >= 15 is 0 Å². The number of anilines is 2. The molecule has 0 aliphatic rings. The summed E-state index contributed by atoms with van der Waals surface area (Å²) < 4.78 is 5.72. The smallest absolute Gasteiger partial charge is 0.144 e. The van der Waals surface area contributed by atoms with Gasteiger partial charge in [-0.2, -0.15) is 0 Å². The highest BCUT2D eigenvalue weighted by molar-refractivity contribution is 5.62. The quantitative estimate of drug-likeness (QED) is 0.785. The van der Waals surface area contributed by atoms with Crippen LogP contribution in [0.4, 0.5) is 11.4 Å². The minimum atomic E-state index is 0.141. The fraction of sp³-hybridized carbons (Fsp3) is 0.600. The number of nitrogens with zero attached hydrogens (tertiary/aromatic N) is 1. The van der Waals surface area contributed by atoms with E-state index in [1.54, 1.807) is 0 Å². The van der Waals surface area contributed by atoms with Crippen molar-refractivity contribution < 1.29 is 4.74 Å². The van der Waals surface area contributed by atoms with E-state index in [4.69, 9.17) is 10.5 Å². The van der Waals surface area contributed by atoms with E-state index in [1.807, 2.05) is 32.0 Å². The lowest BCUT2D eigenvalue weighted by atomic mass is 10.1. The molecule has 18 heavy (non-hydrogen) atoms. The van der Waals surface area contributed by atoms with Crippen LogP contribution in [0.1, 0.15) is 34.1 Å². The van der Waals surface area contributed by atoms with Gasteiger partial charge in [-0.05, 0) is 31.9 Å². The highest BCUT2D eigenvalue weighted by Gasteiger charge is 2.09. The topological polar surface area (TPSA) is 38.5 Å². The van der Waals surface area contributed by atoms with Crippen molar-refractivity contribution in [1.82, 2.24) is 0 Å². The summed E-state index contributed by atoms with van der Waals surface area (Å²) >= 11 is 0. The van der Waals surface area contributed by atoms with Crippen LogP contribution in [0.5, 0.6) is 5.75 Å². The third-order valence-electron chi connectivity index (χ3n) is 3.08. The molecule has 0 aliphatic heterocycles.